The first-order valence-electron chi connectivity index (χ1n) is 7.66. The molecule has 1 aromatic rings. The SMILES string of the molecule is CCCCCC(C(=O)c1ccccc1)N1CCCC1. The second kappa shape index (κ2) is 7.44. The molecular formula is C17H25NO. The van der Waals surface area contributed by atoms with E-state index >= 15 is 0 Å². The normalized spacial score (nSPS) is 17.5. The van der Waals surface area contributed by atoms with Gasteiger partial charge in [0, 0.05) is 5.56 Å². The summed E-state index contributed by atoms with van der Waals surface area (Å²) in [6, 6.07) is 9.90. The van der Waals surface area contributed by atoms with Crippen LogP contribution in [-0.2, 0) is 0 Å². The lowest BCUT2D eigenvalue weighted by Gasteiger charge is -2.26. The fraction of sp³-hybridized carbons (Fsp3) is 0.588. The van der Waals surface area contributed by atoms with Gasteiger partial charge < -0.3 is 0 Å². The van der Waals surface area contributed by atoms with Gasteiger partial charge in [0.15, 0.2) is 5.78 Å². The lowest BCUT2D eigenvalue weighted by molar-refractivity contribution is 0.0835. The summed E-state index contributed by atoms with van der Waals surface area (Å²) in [6.07, 6.45) is 7.11. The summed E-state index contributed by atoms with van der Waals surface area (Å²) >= 11 is 0. The number of Topliss-reactive ketones (excluding diaryl/α,β-unsaturated/α-hetero) is 1. The van der Waals surface area contributed by atoms with Gasteiger partial charge in [-0.15, -0.1) is 0 Å². The molecule has 0 N–H and O–H groups in total. The molecule has 1 unspecified atom stereocenters. The lowest BCUT2D eigenvalue weighted by atomic mass is 9.98. The number of hydrogen-bond donors (Lipinski definition) is 0. The third kappa shape index (κ3) is 3.90. The minimum atomic E-state index is 0.108. The molecule has 1 atom stereocenters. The van der Waals surface area contributed by atoms with Crippen LogP contribution in [0.2, 0.25) is 0 Å². The van der Waals surface area contributed by atoms with E-state index in [2.05, 4.69) is 11.8 Å². The molecule has 0 spiro atoms. The third-order valence-corrected chi connectivity index (χ3v) is 4.02. The van der Waals surface area contributed by atoms with Crippen LogP contribution in [0.15, 0.2) is 30.3 Å². The predicted octanol–water partition coefficient (Wildman–Crippen LogP) is 3.91. The lowest BCUT2D eigenvalue weighted by Crippen LogP contribution is -2.39. The van der Waals surface area contributed by atoms with Gasteiger partial charge in [0.25, 0.3) is 0 Å². The van der Waals surface area contributed by atoms with Gasteiger partial charge >= 0.3 is 0 Å². The minimum absolute atomic E-state index is 0.108. The highest BCUT2D eigenvalue weighted by Crippen LogP contribution is 2.20. The van der Waals surface area contributed by atoms with E-state index in [4.69, 9.17) is 0 Å². The molecule has 2 nitrogen and oxygen atoms in total. The predicted molar refractivity (Wildman–Crippen MR) is 79.5 cm³/mol. The van der Waals surface area contributed by atoms with Crippen molar-refractivity contribution in [1.29, 1.82) is 0 Å². The zero-order valence-corrected chi connectivity index (χ0v) is 12.0. The first-order chi connectivity index (χ1) is 9.33. The molecule has 2 heteroatoms. The zero-order chi connectivity index (χ0) is 13.5. The van der Waals surface area contributed by atoms with E-state index in [-0.39, 0.29) is 6.04 Å². The van der Waals surface area contributed by atoms with Crippen LogP contribution in [0, 0.1) is 0 Å². The Morgan fingerprint density at radius 2 is 1.84 bits per heavy atom. The molecule has 0 radical (unpaired) electrons. The van der Waals surface area contributed by atoms with Crippen molar-refractivity contribution in [3.8, 4) is 0 Å². The Labute approximate surface area is 116 Å². The van der Waals surface area contributed by atoms with Gasteiger partial charge in [0.05, 0.1) is 6.04 Å². The standard InChI is InChI=1S/C17H25NO/c1-2-3-5-12-16(18-13-8-9-14-18)17(19)15-10-6-4-7-11-15/h4,6-7,10-11,16H,2-3,5,8-9,12-14H2,1H3. The van der Waals surface area contributed by atoms with E-state index in [1.165, 1.54) is 25.7 Å². The highest BCUT2D eigenvalue weighted by Gasteiger charge is 2.28. The van der Waals surface area contributed by atoms with Crippen LogP contribution in [0.5, 0.6) is 0 Å². The smallest absolute Gasteiger partial charge is 0.179 e. The molecule has 1 aliphatic rings. The van der Waals surface area contributed by atoms with E-state index in [9.17, 15) is 4.79 Å². The summed E-state index contributed by atoms with van der Waals surface area (Å²) in [7, 11) is 0. The Bertz CT molecular complexity index is 382. The summed E-state index contributed by atoms with van der Waals surface area (Å²) < 4.78 is 0. The highest BCUT2D eigenvalue weighted by molar-refractivity contribution is 6.00. The maximum Gasteiger partial charge on any atom is 0.179 e. The molecule has 0 bridgehead atoms. The molecular weight excluding hydrogens is 234 g/mol. The van der Waals surface area contributed by atoms with Crippen molar-refractivity contribution in [3.05, 3.63) is 35.9 Å². The monoisotopic (exact) mass is 259 g/mol. The van der Waals surface area contributed by atoms with Gasteiger partial charge in [0.2, 0.25) is 0 Å². The number of carbonyl (C=O) groups is 1. The average Bonchev–Trinajstić information content (AvgIpc) is 2.98. The first-order valence-corrected chi connectivity index (χ1v) is 7.66. The van der Waals surface area contributed by atoms with E-state index < -0.39 is 0 Å². The molecule has 0 aliphatic carbocycles. The van der Waals surface area contributed by atoms with E-state index in [1.807, 2.05) is 30.3 Å². The molecule has 0 saturated carbocycles. The van der Waals surface area contributed by atoms with E-state index in [0.29, 0.717) is 5.78 Å². The molecule has 1 heterocycles. The number of benzene rings is 1. The van der Waals surface area contributed by atoms with Gasteiger partial charge in [0.1, 0.15) is 0 Å². The van der Waals surface area contributed by atoms with Crippen LogP contribution in [0.25, 0.3) is 0 Å². The quantitative estimate of drug-likeness (QED) is 0.546. The van der Waals surface area contributed by atoms with Gasteiger partial charge in [-0.1, -0.05) is 56.5 Å². The number of unbranched alkanes of at least 4 members (excludes halogenated alkanes) is 2. The van der Waals surface area contributed by atoms with Crippen LogP contribution in [0.3, 0.4) is 0 Å². The van der Waals surface area contributed by atoms with Crippen LogP contribution in [0.4, 0.5) is 0 Å². The number of ketones is 1. The van der Waals surface area contributed by atoms with Crippen molar-refractivity contribution in [3.63, 3.8) is 0 Å². The molecule has 19 heavy (non-hydrogen) atoms. The van der Waals surface area contributed by atoms with Crippen LogP contribution in [-0.4, -0.2) is 29.8 Å². The largest absolute Gasteiger partial charge is 0.293 e. The Morgan fingerprint density at radius 1 is 1.16 bits per heavy atom. The molecule has 1 aliphatic heterocycles. The van der Waals surface area contributed by atoms with Crippen molar-refractivity contribution in [2.75, 3.05) is 13.1 Å². The Kier molecular flexibility index (Phi) is 5.59. The Balaban J connectivity index is 2.05. The minimum Gasteiger partial charge on any atom is -0.293 e. The molecule has 1 aromatic carbocycles. The summed E-state index contributed by atoms with van der Waals surface area (Å²) in [4.78, 5) is 15.1. The summed E-state index contributed by atoms with van der Waals surface area (Å²) in [5.41, 5.74) is 0.871. The number of nitrogens with zero attached hydrogens (tertiary/aromatic N) is 1. The zero-order valence-electron chi connectivity index (χ0n) is 12.0. The number of hydrogen-bond acceptors (Lipinski definition) is 2. The Morgan fingerprint density at radius 3 is 2.47 bits per heavy atom. The maximum atomic E-state index is 12.7. The second-order valence-electron chi connectivity index (χ2n) is 5.48. The summed E-state index contributed by atoms with van der Waals surface area (Å²) in [5.74, 6) is 0.318. The molecule has 1 saturated heterocycles. The molecule has 0 aromatic heterocycles. The summed E-state index contributed by atoms with van der Waals surface area (Å²) in [6.45, 7) is 4.40. The van der Waals surface area contributed by atoms with Crippen LogP contribution < -0.4 is 0 Å². The van der Waals surface area contributed by atoms with E-state index in [0.717, 1.165) is 31.5 Å². The van der Waals surface area contributed by atoms with E-state index in [1.54, 1.807) is 0 Å². The second-order valence-corrected chi connectivity index (χ2v) is 5.48. The fourth-order valence-corrected chi connectivity index (χ4v) is 2.92. The van der Waals surface area contributed by atoms with Crippen molar-refractivity contribution >= 4 is 5.78 Å². The number of rotatable bonds is 7. The average molecular weight is 259 g/mol. The van der Waals surface area contributed by atoms with Gasteiger partial charge in [-0.3, -0.25) is 9.69 Å². The van der Waals surface area contributed by atoms with Gasteiger partial charge in [-0.05, 0) is 32.4 Å². The molecule has 2 rings (SSSR count). The summed E-state index contributed by atoms with van der Waals surface area (Å²) in [5, 5.41) is 0. The third-order valence-electron chi connectivity index (χ3n) is 4.02. The van der Waals surface area contributed by atoms with Crippen molar-refractivity contribution < 1.29 is 4.79 Å². The molecule has 1 fully saturated rings. The molecule has 104 valence electrons. The van der Waals surface area contributed by atoms with Crippen LogP contribution >= 0.6 is 0 Å². The van der Waals surface area contributed by atoms with Crippen LogP contribution in [0.1, 0.15) is 55.8 Å². The van der Waals surface area contributed by atoms with Gasteiger partial charge in [-0.25, -0.2) is 0 Å². The first kappa shape index (κ1) is 14.3. The van der Waals surface area contributed by atoms with Gasteiger partial charge in [-0.2, -0.15) is 0 Å². The van der Waals surface area contributed by atoms with Crippen molar-refractivity contribution in [2.24, 2.45) is 0 Å². The maximum absolute atomic E-state index is 12.7. The molecule has 0 amide bonds. The topological polar surface area (TPSA) is 20.3 Å². The van der Waals surface area contributed by atoms with Crippen molar-refractivity contribution in [1.82, 2.24) is 4.90 Å². The fourth-order valence-electron chi connectivity index (χ4n) is 2.92. The number of carbonyl (C=O) groups excluding carboxylic acids is 1. The highest BCUT2D eigenvalue weighted by atomic mass is 16.1. The number of likely N-dealkylation sites (tertiary alicyclic amines) is 1. The van der Waals surface area contributed by atoms with Crippen molar-refractivity contribution in [2.45, 2.75) is 51.5 Å². The Hall–Kier alpha value is -1.15.